The van der Waals surface area contributed by atoms with Gasteiger partial charge in [-0.2, -0.15) is 5.10 Å². The van der Waals surface area contributed by atoms with Crippen molar-refractivity contribution < 1.29 is 14.7 Å². The molecule has 1 aromatic carbocycles. The van der Waals surface area contributed by atoms with Crippen molar-refractivity contribution in [3.05, 3.63) is 24.4 Å². The lowest BCUT2D eigenvalue weighted by molar-refractivity contribution is -0.145. The molecule has 1 amide bonds. The van der Waals surface area contributed by atoms with Crippen molar-refractivity contribution in [2.45, 2.75) is 13.8 Å². The maximum atomic E-state index is 12.0. The average Bonchev–Trinajstić information content (AvgIpc) is 2.86. The normalized spacial score (nSPS) is 14.0. The van der Waals surface area contributed by atoms with Crippen molar-refractivity contribution >= 4 is 28.5 Å². The zero-order valence-corrected chi connectivity index (χ0v) is 10.7. The molecule has 2 unspecified atom stereocenters. The number of rotatable bonds is 4. The van der Waals surface area contributed by atoms with E-state index in [-0.39, 0.29) is 5.91 Å². The molecular formula is C13H15N3O3. The third-order valence-electron chi connectivity index (χ3n) is 3.29. The highest BCUT2D eigenvalue weighted by Gasteiger charge is 2.26. The monoisotopic (exact) mass is 261 g/mol. The number of hydrogen-bond donors (Lipinski definition) is 3. The molecule has 2 aromatic rings. The summed E-state index contributed by atoms with van der Waals surface area (Å²) in [5.41, 5.74) is 1.33. The maximum Gasteiger partial charge on any atom is 0.307 e. The van der Waals surface area contributed by atoms with Crippen LogP contribution in [-0.2, 0) is 9.59 Å². The van der Waals surface area contributed by atoms with Gasteiger partial charge < -0.3 is 10.4 Å². The second-order valence-electron chi connectivity index (χ2n) is 4.54. The van der Waals surface area contributed by atoms with E-state index in [0.29, 0.717) is 5.69 Å². The second-order valence-corrected chi connectivity index (χ2v) is 4.54. The summed E-state index contributed by atoms with van der Waals surface area (Å²) < 4.78 is 0. The van der Waals surface area contributed by atoms with E-state index in [1.807, 2.05) is 6.07 Å². The summed E-state index contributed by atoms with van der Waals surface area (Å²) in [4.78, 5) is 22.9. The molecule has 0 bridgehead atoms. The Balaban J connectivity index is 2.19. The quantitative estimate of drug-likeness (QED) is 0.782. The van der Waals surface area contributed by atoms with Gasteiger partial charge in [0.25, 0.3) is 0 Å². The molecule has 0 aliphatic rings. The summed E-state index contributed by atoms with van der Waals surface area (Å²) in [6.07, 6.45) is 1.66. The van der Waals surface area contributed by atoms with Gasteiger partial charge in [0.05, 0.1) is 23.3 Å². The van der Waals surface area contributed by atoms with Crippen molar-refractivity contribution in [3.63, 3.8) is 0 Å². The number of nitrogens with zero attached hydrogens (tertiary/aromatic N) is 1. The minimum absolute atomic E-state index is 0.322. The van der Waals surface area contributed by atoms with Gasteiger partial charge in [-0.3, -0.25) is 14.7 Å². The first-order chi connectivity index (χ1) is 9.00. The summed E-state index contributed by atoms with van der Waals surface area (Å²) in [7, 11) is 0. The van der Waals surface area contributed by atoms with Crippen LogP contribution in [0.2, 0.25) is 0 Å². The molecule has 1 aromatic heterocycles. The molecule has 6 heteroatoms. The number of anilines is 1. The molecule has 2 atom stereocenters. The maximum absolute atomic E-state index is 12.0. The highest BCUT2D eigenvalue weighted by atomic mass is 16.4. The fraction of sp³-hybridized carbons (Fsp3) is 0.308. The number of fused-ring (bicyclic) bond motifs is 1. The number of aromatic amines is 1. The van der Waals surface area contributed by atoms with Crippen LogP contribution in [0.4, 0.5) is 5.69 Å². The molecule has 19 heavy (non-hydrogen) atoms. The number of carboxylic acids is 1. The number of aliphatic carboxylic acids is 1. The molecule has 0 aliphatic carbocycles. The van der Waals surface area contributed by atoms with Crippen molar-refractivity contribution in [2.75, 3.05) is 5.32 Å². The van der Waals surface area contributed by atoms with Crippen LogP contribution in [0.1, 0.15) is 13.8 Å². The highest BCUT2D eigenvalue weighted by molar-refractivity contribution is 6.01. The Hall–Kier alpha value is -2.37. The Morgan fingerprint density at radius 1 is 1.32 bits per heavy atom. The first-order valence-corrected chi connectivity index (χ1v) is 5.96. The topological polar surface area (TPSA) is 95.1 Å². The van der Waals surface area contributed by atoms with Gasteiger partial charge in [0.2, 0.25) is 5.91 Å². The van der Waals surface area contributed by atoms with Gasteiger partial charge in [-0.25, -0.2) is 0 Å². The minimum atomic E-state index is -0.984. The van der Waals surface area contributed by atoms with Gasteiger partial charge >= 0.3 is 5.97 Å². The largest absolute Gasteiger partial charge is 0.481 e. The van der Waals surface area contributed by atoms with Crippen LogP contribution in [-0.4, -0.2) is 27.2 Å². The van der Waals surface area contributed by atoms with Crippen molar-refractivity contribution in [1.29, 1.82) is 0 Å². The third kappa shape index (κ3) is 2.57. The standard InChI is InChI=1S/C13H15N3O3/c1-7(8(2)13(18)19)12(17)15-10-5-3-4-9-6-14-16-11(9)10/h3-8H,1-2H3,(H,14,16)(H,15,17)(H,18,19). The number of amides is 1. The van der Waals surface area contributed by atoms with E-state index in [9.17, 15) is 9.59 Å². The summed E-state index contributed by atoms with van der Waals surface area (Å²) in [5.74, 6) is -2.66. The molecule has 0 spiro atoms. The number of hydrogen-bond acceptors (Lipinski definition) is 3. The number of benzene rings is 1. The Morgan fingerprint density at radius 3 is 2.74 bits per heavy atom. The van der Waals surface area contributed by atoms with Crippen molar-refractivity contribution in [1.82, 2.24) is 10.2 Å². The zero-order chi connectivity index (χ0) is 14.0. The van der Waals surface area contributed by atoms with Crippen LogP contribution in [0.25, 0.3) is 10.9 Å². The lowest BCUT2D eigenvalue weighted by Crippen LogP contribution is -2.30. The smallest absolute Gasteiger partial charge is 0.307 e. The van der Waals surface area contributed by atoms with Crippen LogP contribution < -0.4 is 5.32 Å². The van der Waals surface area contributed by atoms with Crippen molar-refractivity contribution in [3.8, 4) is 0 Å². The Kier molecular flexibility index (Phi) is 3.50. The van der Waals surface area contributed by atoms with Gasteiger partial charge in [-0.1, -0.05) is 26.0 Å². The van der Waals surface area contributed by atoms with Crippen LogP contribution in [0.3, 0.4) is 0 Å². The fourth-order valence-corrected chi connectivity index (χ4v) is 1.76. The Labute approximate surface area is 109 Å². The molecule has 100 valence electrons. The van der Waals surface area contributed by atoms with Crippen molar-refractivity contribution in [2.24, 2.45) is 11.8 Å². The summed E-state index contributed by atoms with van der Waals surface area (Å²) in [6.45, 7) is 3.12. The molecule has 1 heterocycles. The Bertz CT molecular complexity index is 620. The summed E-state index contributed by atoms with van der Waals surface area (Å²) >= 11 is 0. The zero-order valence-electron chi connectivity index (χ0n) is 10.7. The molecule has 6 nitrogen and oxygen atoms in total. The van der Waals surface area contributed by atoms with E-state index >= 15 is 0 Å². The van der Waals surface area contributed by atoms with E-state index in [1.165, 1.54) is 6.92 Å². The molecule has 2 rings (SSSR count). The molecule has 0 radical (unpaired) electrons. The molecule has 0 saturated carbocycles. The van der Waals surface area contributed by atoms with Crippen LogP contribution in [0, 0.1) is 11.8 Å². The molecule has 0 aliphatic heterocycles. The van der Waals surface area contributed by atoms with Gasteiger partial charge in [-0.15, -0.1) is 0 Å². The second kappa shape index (κ2) is 5.09. The van der Waals surface area contributed by atoms with Gasteiger partial charge in [0, 0.05) is 11.3 Å². The Morgan fingerprint density at radius 2 is 2.05 bits per heavy atom. The van der Waals surface area contributed by atoms with Crippen LogP contribution >= 0.6 is 0 Å². The lowest BCUT2D eigenvalue weighted by atomic mass is 9.95. The van der Waals surface area contributed by atoms with E-state index in [1.54, 1.807) is 25.3 Å². The van der Waals surface area contributed by atoms with E-state index in [0.717, 1.165) is 10.9 Å². The third-order valence-corrected chi connectivity index (χ3v) is 3.29. The summed E-state index contributed by atoms with van der Waals surface area (Å²) in [6, 6.07) is 5.42. The highest BCUT2D eigenvalue weighted by Crippen LogP contribution is 2.22. The van der Waals surface area contributed by atoms with E-state index < -0.39 is 17.8 Å². The molecule has 3 N–H and O–H groups in total. The summed E-state index contributed by atoms with van der Waals surface area (Å²) in [5, 5.41) is 19.2. The van der Waals surface area contributed by atoms with Gasteiger partial charge in [0.1, 0.15) is 0 Å². The average molecular weight is 261 g/mol. The predicted molar refractivity (Wildman–Crippen MR) is 70.7 cm³/mol. The minimum Gasteiger partial charge on any atom is -0.481 e. The van der Waals surface area contributed by atoms with Crippen LogP contribution in [0.15, 0.2) is 24.4 Å². The van der Waals surface area contributed by atoms with Crippen LogP contribution in [0.5, 0.6) is 0 Å². The predicted octanol–water partition coefficient (Wildman–Crippen LogP) is 1.86. The number of carbonyl (C=O) groups is 2. The number of aromatic nitrogens is 2. The SMILES string of the molecule is CC(C(=O)O)C(C)C(=O)Nc1cccc2cn[nH]c12. The number of H-pyrrole nitrogens is 1. The molecule has 0 saturated heterocycles. The first-order valence-electron chi connectivity index (χ1n) is 5.96. The number of carboxylic acid groups (broad SMARTS) is 1. The first kappa shape index (κ1) is 13.1. The van der Waals surface area contributed by atoms with E-state index in [2.05, 4.69) is 15.5 Å². The fourth-order valence-electron chi connectivity index (χ4n) is 1.76. The number of nitrogens with one attached hydrogen (secondary N) is 2. The number of para-hydroxylation sites is 1. The van der Waals surface area contributed by atoms with E-state index in [4.69, 9.17) is 5.11 Å². The van der Waals surface area contributed by atoms with Gasteiger partial charge in [-0.05, 0) is 6.07 Å². The van der Waals surface area contributed by atoms with Gasteiger partial charge in [0.15, 0.2) is 0 Å². The lowest BCUT2D eigenvalue weighted by Gasteiger charge is -2.16. The number of carbonyl (C=O) groups excluding carboxylic acids is 1. The molecular weight excluding hydrogens is 246 g/mol. The molecule has 0 fully saturated rings.